The summed E-state index contributed by atoms with van der Waals surface area (Å²) in [6, 6.07) is 1.30. The number of nitrogen functional groups attached to an aromatic ring is 1. The molecule has 0 saturated heterocycles. The molecule has 1 aromatic heterocycles. The Morgan fingerprint density at radius 1 is 1.62 bits per heavy atom. The van der Waals surface area contributed by atoms with Crippen molar-refractivity contribution in [2.45, 2.75) is 19.2 Å². The third kappa shape index (κ3) is 2.06. The Labute approximate surface area is 79.7 Å². The van der Waals surface area contributed by atoms with Crippen molar-refractivity contribution in [3.05, 3.63) is 22.9 Å². The fourth-order valence-electron chi connectivity index (χ4n) is 1.04. The van der Waals surface area contributed by atoms with Crippen LogP contribution in [0.1, 0.15) is 23.2 Å². The molecule has 0 unspecified atom stereocenters. The van der Waals surface area contributed by atoms with Gasteiger partial charge in [-0.05, 0) is 18.6 Å². The van der Waals surface area contributed by atoms with Gasteiger partial charge in [-0.3, -0.25) is 0 Å². The third-order valence-electron chi connectivity index (χ3n) is 1.76. The average molecular weight is 207 g/mol. The molecule has 2 nitrogen and oxygen atoms in total. The maximum atomic E-state index is 12.2. The molecule has 0 fully saturated rings. The normalized spacial score (nSPS) is 10.8. The Morgan fingerprint density at radius 2 is 2.23 bits per heavy atom. The van der Waals surface area contributed by atoms with Gasteiger partial charge in [0.25, 0.3) is 6.43 Å². The molecule has 0 spiro atoms. The van der Waals surface area contributed by atoms with E-state index in [0.29, 0.717) is 11.1 Å². The van der Waals surface area contributed by atoms with Crippen LogP contribution >= 0.6 is 11.6 Å². The minimum atomic E-state index is -2.59. The van der Waals surface area contributed by atoms with E-state index in [1.54, 1.807) is 6.92 Å². The number of hydrogen-bond donors (Lipinski definition) is 1. The van der Waals surface area contributed by atoms with Gasteiger partial charge in [0.15, 0.2) is 0 Å². The third-order valence-corrected chi connectivity index (χ3v) is 2.02. The van der Waals surface area contributed by atoms with E-state index in [1.165, 1.54) is 6.07 Å². The zero-order chi connectivity index (χ0) is 10.0. The van der Waals surface area contributed by atoms with Crippen molar-refractivity contribution in [1.29, 1.82) is 0 Å². The molecule has 0 aliphatic heterocycles. The highest BCUT2D eigenvalue weighted by Crippen LogP contribution is 2.23. The lowest BCUT2D eigenvalue weighted by Crippen LogP contribution is -2.02. The van der Waals surface area contributed by atoms with E-state index in [2.05, 4.69) is 4.98 Å². The van der Waals surface area contributed by atoms with E-state index in [1.807, 2.05) is 0 Å². The van der Waals surface area contributed by atoms with Crippen LogP contribution in [-0.2, 0) is 5.88 Å². The Bertz CT molecular complexity index is 292. The molecule has 0 radical (unpaired) electrons. The molecule has 1 heterocycles. The highest BCUT2D eigenvalue weighted by Gasteiger charge is 2.13. The summed E-state index contributed by atoms with van der Waals surface area (Å²) < 4.78 is 24.4. The van der Waals surface area contributed by atoms with Crippen molar-refractivity contribution in [3.63, 3.8) is 0 Å². The summed E-state index contributed by atoms with van der Waals surface area (Å²) in [6.45, 7) is 1.68. The van der Waals surface area contributed by atoms with Gasteiger partial charge in [0.1, 0.15) is 11.5 Å². The molecular formula is C8H9ClF2N2. The maximum Gasteiger partial charge on any atom is 0.280 e. The molecule has 72 valence electrons. The molecule has 0 aliphatic rings. The molecule has 0 saturated carbocycles. The first-order valence-electron chi connectivity index (χ1n) is 3.66. The Balaban J connectivity index is 3.20. The van der Waals surface area contributed by atoms with Crippen LogP contribution in [0.5, 0.6) is 0 Å². The first-order chi connectivity index (χ1) is 6.06. The number of halogens is 3. The quantitative estimate of drug-likeness (QED) is 0.756. The summed E-state index contributed by atoms with van der Waals surface area (Å²) in [5.74, 6) is 0.277. The number of aryl methyl sites for hydroxylation is 1. The maximum absolute atomic E-state index is 12.2. The van der Waals surface area contributed by atoms with Crippen LogP contribution in [0, 0.1) is 6.92 Å². The second kappa shape index (κ2) is 3.87. The predicted molar refractivity (Wildman–Crippen MR) is 47.9 cm³/mol. The lowest BCUT2D eigenvalue weighted by Gasteiger charge is -2.07. The number of anilines is 1. The van der Waals surface area contributed by atoms with Gasteiger partial charge in [0.05, 0.1) is 5.88 Å². The van der Waals surface area contributed by atoms with Gasteiger partial charge in [-0.2, -0.15) is 0 Å². The van der Waals surface area contributed by atoms with Crippen LogP contribution in [-0.4, -0.2) is 4.98 Å². The van der Waals surface area contributed by atoms with E-state index < -0.39 is 6.43 Å². The number of hydrogen-bond acceptors (Lipinski definition) is 2. The zero-order valence-corrected chi connectivity index (χ0v) is 7.78. The molecule has 0 aromatic carbocycles. The molecule has 0 bridgehead atoms. The standard InChI is InChI=1S/C8H9ClF2N2/c1-4-2-6(7(10)11)13-8(12)5(4)3-9/h2,7H,3H2,1H3,(H2,12,13). The Hall–Kier alpha value is -0.900. The smallest absolute Gasteiger partial charge is 0.280 e. The molecule has 0 atom stereocenters. The summed E-state index contributed by atoms with van der Waals surface area (Å²) in [4.78, 5) is 3.55. The van der Waals surface area contributed by atoms with Crippen LogP contribution in [0.2, 0.25) is 0 Å². The minimum absolute atomic E-state index is 0.0882. The van der Waals surface area contributed by atoms with Gasteiger partial charge in [-0.1, -0.05) is 0 Å². The number of rotatable bonds is 2. The predicted octanol–water partition coefficient (Wildman–Crippen LogP) is 2.65. The number of aromatic nitrogens is 1. The van der Waals surface area contributed by atoms with E-state index in [-0.39, 0.29) is 17.4 Å². The largest absolute Gasteiger partial charge is 0.383 e. The van der Waals surface area contributed by atoms with Crippen molar-refractivity contribution < 1.29 is 8.78 Å². The highest BCUT2D eigenvalue weighted by molar-refractivity contribution is 6.17. The fraction of sp³-hybridized carbons (Fsp3) is 0.375. The van der Waals surface area contributed by atoms with Crippen molar-refractivity contribution in [2.75, 3.05) is 5.73 Å². The van der Waals surface area contributed by atoms with Gasteiger partial charge >= 0.3 is 0 Å². The molecular weight excluding hydrogens is 198 g/mol. The monoisotopic (exact) mass is 206 g/mol. The molecule has 1 rings (SSSR count). The molecule has 13 heavy (non-hydrogen) atoms. The molecule has 2 N–H and O–H groups in total. The molecule has 0 aliphatic carbocycles. The molecule has 5 heteroatoms. The molecule has 1 aromatic rings. The lowest BCUT2D eigenvalue weighted by atomic mass is 10.1. The average Bonchev–Trinajstić information content (AvgIpc) is 2.03. The summed E-state index contributed by atoms with van der Waals surface area (Å²) in [7, 11) is 0. The second-order valence-corrected chi connectivity index (χ2v) is 2.93. The number of pyridine rings is 1. The zero-order valence-electron chi connectivity index (χ0n) is 7.02. The SMILES string of the molecule is Cc1cc(C(F)F)nc(N)c1CCl. The minimum Gasteiger partial charge on any atom is -0.383 e. The van der Waals surface area contributed by atoms with Crippen molar-refractivity contribution in [1.82, 2.24) is 4.98 Å². The van der Waals surface area contributed by atoms with Crippen LogP contribution in [0.25, 0.3) is 0 Å². The highest BCUT2D eigenvalue weighted by atomic mass is 35.5. The lowest BCUT2D eigenvalue weighted by molar-refractivity contribution is 0.146. The summed E-state index contributed by atoms with van der Waals surface area (Å²) in [5, 5.41) is 0. The summed E-state index contributed by atoms with van der Waals surface area (Å²) in [6.07, 6.45) is -2.59. The van der Waals surface area contributed by atoms with Crippen molar-refractivity contribution in [2.24, 2.45) is 0 Å². The van der Waals surface area contributed by atoms with Crippen molar-refractivity contribution in [3.8, 4) is 0 Å². The Morgan fingerprint density at radius 3 is 2.62 bits per heavy atom. The van der Waals surface area contributed by atoms with Crippen LogP contribution < -0.4 is 5.73 Å². The van der Waals surface area contributed by atoms with Crippen LogP contribution in [0.3, 0.4) is 0 Å². The van der Waals surface area contributed by atoms with Gasteiger partial charge in [-0.15, -0.1) is 11.6 Å². The van der Waals surface area contributed by atoms with Crippen LogP contribution in [0.15, 0.2) is 6.07 Å². The topological polar surface area (TPSA) is 38.9 Å². The molecule has 0 amide bonds. The van der Waals surface area contributed by atoms with Crippen LogP contribution in [0.4, 0.5) is 14.6 Å². The number of nitrogens with two attached hydrogens (primary N) is 1. The Kier molecular flexibility index (Phi) is 3.03. The second-order valence-electron chi connectivity index (χ2n) is 2.66. The van der Waals surface area contributed by atoms with Gasteiger partial charge < -0.3 is 5.73 Å². The summed E-state index contributed by atoms with van der Waals surface area (Å²) >= 11 is 5.56. The fourth-order valence-corrected chi connectivity index (χ4v) is 1.38. The number of alkyl halides is 3. The van der Waals surface area contributed by atoms with E-state index in [9.17, 15) is 8.78 Å². The van der Waals surface area contributed by atoms with Crippen molar-refractivity contribution >= 4 is 17.4 Å². The first kappa shape index (κ1) is 10.2. The van der Waals surface area contributed by atoms with Gasteiger partial charge in [0.2, 0.25) is 0 Å². The van der Waals surface area contributed by atoms with E-state index in [0.717, 1.165) is 0 Å². The van der Waals surface area contributed by atoms with Gasteiger partial charge in [0, 0.05) is 5.56 Å². The first-order valence-corrected chi connectivity index (χ1v) is 4.19. The van der Waals surface area contributed by atoms with E-state index in [4.69, 9.17) is 17.3 Å². The van der Waals surface area contributed by atoms with E-state index >= 15 is 0 Å². The summed E-state index contributed by atoms with van der Waals surface area (Å²) in [5.41, 5.74) is 6.41. The van der Waals surface area contributed by atoms with Gasteiger partial charge in [-0.25, -0.2) is 13.8 Å². The number of nitrogens with zero attached hydrogens (tertiary/aromatic N) is 1.